The fraction of sp³-hybridized carbons (Fsp3) is 0.562. The zero-order chi connectivity index (χ0) is 16.9. The topological polar surface area (TPSA) is 64.1 Å². The standard InChI is InChI=1S/C16H21F2N3O3.HI/c1-19-16(20-5-4-10-2-3-10)21-8-11-6-13-14(23-9-22-13)7-12(11)24-15(17)18;/h6-7,10,15H,2-5,8-9H2,1H3,(H2,19,20,21);1H. The number of hydrogen-bond donors (Lipinski definition) is 2. The Bertz CT molecular complexity index is 613. The van der Waals surface area contributed by atoms with Crippen LogP contribution in [0, 0.1) is 5.92 Å². The van der Waals surface area contributed by atoms with E-state index in [0.717, 1.165) is 18.9 Å². The maximum atomic E-state index is 12.6. The van der Waals surface area contributed by atoms with Crippen LogP contribution in [0.15, 0.2) is 17.1 Å². The first-order valence-electron chi connectivity index (χ1n) is 7.97. The summed E-state index contributed by atoms with van der Waals surface area (Å²) in [6.07, 6.45) is 3.73. The van der Waals surface area contributed by atoms with E-state index in [0.29, 0.717) is 23.0 Å². The van der Waals surface area contributed by atoms with Crippen molar-refractivity contribution in [3.8, 4) is 17.2 Å². The predicted octanol–water partition coefficient (Wildman–Crippen LogP) is 3.10. The molecule has 0 spiro atoms. The van der Waals surface area contributed by atoms with Crippen LogP contribution in [0.25, 0.3) is 0 Å². The number of fused-ring (bicyclic) bond motifs is 1. The summed E-state index contributed by atoms with van der Waals surface area (Å²) >= 11 is 0. The minimum Gasteiger partial charge on any atom is -0.454 e. The molecule has 25 heavy (non-hydrogen) atoms. The molecule has 0 saturated heterocycles. The molecule has 3 rings (SSSR count). The van der Waals surface area contributed by atoms with Gasteiger partial charge < -0.3 is 24.8 Å². The van der Waals surface area contributed by atoms with E-state index in [2.05, 4.69) is 20.4 Å². The molecule has 1 heterocycles. The molecule has 0 amide bonds. The van der Waals surface area contributed by atoms with Gasteiger partial charge in [0.2, 0.25) is 6.79 Å². The predicted molar refractivity (Wildman–Crippen MR) is 100 cm³/mol. The summed E-state index contributed by atoms with van der Waals surface area (Å²) in [7, 11) is 1.67. The lowest BCUT2D eigenvalue weighted by Gasteiger charge is -2.15. The first-order chi connectivity index (χ1) is 11.7. The van der Waals surface area contributed by atoms with Gasteiger partial charge in [-0.05, 0) is 18.4 Å². The molecule has 1 aromatic carbocycles. The highest BCUT2D eigenvalue weighted by atomic mass is 127. The molecule has 0 aromatic heterocycles. The van der Waals surface area contributed by atoms with Crippen LogP contribution < -0.4 is 24.8 Å². The Morgan fingerprint density at radius 3 is 2.64 bits per heavy atom. The molecule has 1 aliphatic heterocycles. The summed E-state index contributed by atoms with van der Waals surface area (Å²) in [5.41, 5.74) is 0.546. The van der Waals surface area contributed by atoms with Crippen molar-refractivity contribution in [2.75, 3.05) is 20.4 Å². The van der Waals surface area contributed by atoms with E-state index >= 15 is 0 Å². The van der Waals surface area contributed by atoms with Gasteiger partial charge in [0.15, 0.2) is 17.5 Å². The molecule has 1 saturated carbocycles. The lowest BCUT2D eigenvalue weighted by atomic mass is 10.1. The second kappa shape index (κ2) is 9.25. The summed E-state index contributed by atoms with van der Waals surface area (Å²) in [4.78, 5) is 4.13. The largest absolute Gasteiger partial charge is 0.454 e. The van der Waals surface area contributed by atoms with Gasteiger partial charge in [-0.3, -0.25) is 4.99 Å². The average molecular weight is 469 g/mol. The molecule has 1 aromatic rings. The first-order valence-corrected chi connectivity index (χ1v) is 7.97. The summed E-state index contributed by atoms with van der Waals surface area (Å²) in [6.45, 7) is -1.71. The zero-order valence-electron chi connectivity index (χ0n) is 13.9. The summed E-state index contributed by atoms with van der Waals surface area (Å²) in [5.74, 6) is 2.44. The van der Waals surface area contributed by atoms with Crippen molar-refractivity contribution in [2.24, 2.45) is 10.9 Å². The van der Waals surface area contributed by atoms with Gasteiger partial charge in [-0.1, -0.05) is 12.8 Å². The van der Waals surface area contributed by atoms with Gasteiger partial charge in [0.1, 0.15) is 5.75 Å². The Morgan fingerprint density at radius 2 is 2.00 bits per heavy atom. The van der Waals surface area contributed by atoms with Crippen LogP contribution in [0.1, 0.15) is 24.8 Å². The number of rotatable bonds is 7. The number of ether oxygens (including phenoxy) is 3. The van der Waals surface area contributed by atoms with Crippen molar-refractivity contribution >= 4 is 29.9 Å². The van der Waals surface area contributed by atoms with E-state index in [1.165, 1.54) is 18.9 Å². The SMILES string of the molecule is CN=C(NCCC1CC1)NCc1cc2c(cc1OC(F)F)OCO2.I. The molecule has 0 bridgehead atoms. The van der Waals surface area contributed by atoms with Crippen molar-refractivity contribution in [1.29, 1.82) is 0 Å². The van der Waals surface area contributed by atoms with E-state index in [9.17, 15) is 8.78 Å². The van der Waals surface area contributed by atoms with E-state index in [-0.39, 0.29) is 43.1 Å². The Labute approximate surface area is 162 Å². The van der Waals surface area contributed by atoms with Gasteiger partial charge >= 0.3 is 6.61 Å². The highest BCUT2D eigenvalue weighted by Gasteiger charge is 2.21. The van der Waals surface area contributed by atoms with E-state index < -0.39 is 6.61 Å². The molecule has 2 N–H and O–H groups in total. The third-order valence-electron chi connectivity index (χ3n) is 3.98. The number of benzene rings is 1. The van der Waals surface area contributed by atoms with Gasteiger partial charge in [-0.15, -0.1) is 24.0 Å². The van der Waals surface area contributed by atoms with Crippen molar-refractivity contribution in [3.63, 3.8) is 0 Å². The molecule has 2 aliphatic rings. The van der Waals surface area contributed by atoms with Crippen molar-refractivity contribution < 1.29 is 23.0 Å². The molecule has 140 valence electrons. The lowest BCUT2D eigenvalue weighted by molar-refractivity contribution is -0.0505. The average Bonchev–Trinajstić information content (AvgIpc) is 3.26. The molecule has 1 fully saturated rings. The highest BCUT2D eigenvalue weighted by Crippen LogP contribution is 2.38. The summed E-state index contributed by atoms with van der Waals surface area (Å²) in [5, 5.41) is 6.32. The Morgan fingerprint density at radius 1 is 1.28 bits per heavy atom. The molecule has 0 radical (unpaired) electrons. The quantitative estimate of drug-likeness (QED) is 0.365. The van der Waals surface area contributed by atoms with Crippen LogP contribution >= 0.6 is 24.0 Å². The Kier molecular flexibility index (Phi) is 7.33. The van der Waals surface area contributed by atoms with E-state index in [1.807, 2.05) is 0 Å². The Hall–Kier alpha value is -1.52. The highest BCUT2D eigenvalue weighted by molar-refractivity contribution is 14.0. The zero-order valence-corrected chi connectivity index (χ0v) is 16.2. The van der Waals surface area contributed by atoms with Gasteiger partial charge in [-0.25, -0.2) is 0 Å². The van der Waals surface area contributed by atoms with Gasteiger partial charge in [0.25, 0.3) is 0 Å². The molecule has 6 nitrogen and oxygen atoms in total. The van der Waals surface area contributed by atoms with Crippen LogP contribution in [0.4, 0.5) is 8.78 Å². The molecular weight excluding hydrogens is 447 g/mol. The minimum atomic E-state index is -2.90. The molecular formula is C16H22F2IN3O3. The lowest BCUT2D eigenvalue weighted by Crippen LogP contribution is -2.37. The van der Waals surface area contributed by atoms with Gasteiger partial charge in [0, 0.05) is 31.8 Å². The number of alkyl halides is 2. The van der Waals surface area contributed by atoms with Crippen molar-refractivity contribution in [2.45, 2.75) is 32.4 Å². The van der Waals surface area contributed by atoms with E-state index in [1.54, 1.807) is 13.1 Å². The number of hydrogen-bond acceptors (Lipinski definition) is 4. The Balaban J connectivity index is 0.00000225. The monoisotopic (exact) mass is 469 g/mol. The fourth-order valence-corrected chi connectivity index (χ4v) is 2.51. The second-order valence-electron chi connectivity index (χ2n) is 5.78. The smallest absolute Gasteiger partial charge is 0.387 e. The van der Waals surface area contributed by atoms with Crippen LogP contribution in [0.2, 0.25) is 0 Å². The van der Waals surface area contributed by atoms with Crippen LogP contribution in [-0.2, 0) is 6.54 Å². The maximum absolute atomic E-state index is 12.6. The van der Waals surface area contributed by atoms with Crippen LogP contribution in [0.5, 0.6) is 17.2 Å². The minimum absolute atomic E-state index is 0. The third-order valence-corrected chi connectivity index (χ3v) is 3.98. The molecule has 0 atom stereocenters. The van der Waals surface area contributed by atoms with Crippen molar-refractivity contribution in [3.05, 3.63) is 17.7 Å². The first kappa shape index (κ1) is 19.8. The molecule has 9 heteroatoms. The second-order valence-corrected chi connectivity index (χ2v) is 5.78. The van der Waals surface area contributed by atoms with E-state index in [4.69, 9.17) is 9.47 Å². The maximum Gasteiger partial charge on any atom is 0.387 e. The van der Waals surface area contributed by atoms with Crippen LogP contribution in [-0.4, -0.2) is 33.0 Å². The number of nitrogens with one attached hydrogen (secondary N) is 2. The fourth-order valence-electron chi connectivity index (χ4n) is 2.51. The van der Waals surface area contributed by atoms with Crippen LogP contribution in [0.3, 0.4) is 0 Å². The van der Waals surface area contributed by atoms with Gasteiger partial charge in [-0.2, -0.15) is 8.78 Å². The number of aliphatic imine (C=N–C) groups is 1. The van der Waals surface area contributed by atoms with Gasteiger partial charge in [0.05, 0.1) is 0 Å². The molecule has 1 aliphatic carbocycles. The number of halogens is 3. The van der Waals surface area contributed by atoms with Crippen molar-refractivity contribution in [1.82, 2.24) is 10.6 Å². The number of nitrogens with zero attached hydrogens (tertiary/aromatic N) is 1. The third kappa shape index (κ3) is 5.75. The summed E-state index contributed by atoms with van der Waals surface area (Å²) < 4.78 is 40.3. The number of guanidine groups is 1. The molecule has 0 unspecified atom stereocenters. The summed E-state index contributed by atoms with van der Waals surface area (Å²) in [6, 6.07) is 3.07. The normalized spacial score (nSPS) is 15.8.